The SMILES string of the molecule is COC1(CN)CCCc2ccc(C)cc21. The Morgan fingerprint density at radius 3 is 2.93 bits per heavy atom. The van der Waals surface area contributed by atoms with Crippen LogP contribution in [-0.4, -0.2) is 13.7 Å². The quantitative estimate of drug-likeness (QED) is 0.802. The fraction of sp³-hybridized carbons (Fsp3) is 0.538. The lowest BCUT2D eigenvalue weighted by atomic mass is 9.78. The van der Waals surface area contributed by atoms with Gasteiger partial charge in [-0.05, 0) is 37.3 Å². The summed E-state index contributed by atoms with van der Waals surface area (Å²) >= 11 is 0. The van der Waals surface area contributed by atoms with Crippen molar-refractivity contribution in [3.05, 3.63) is 34.9 Å². The molecule has 0 saturated heterocycles. The van der Waals surface area contributed by atoms with Crippen LogP contribution < -0.4 is 5.73 Å². The van der Waals surface area contributed by atoms with Gasteiger partial charge in [-0.25, -0.2) is 0 Å². The highest BCUT2D eigenvalue weighted by Gasteiger charge is 2.35. The average Bonchev–Trinajstić information content (AvgIpc) is 2.28. The Hall–Kier alpha value is -0.860. The molecule has 0 heterocycles. The van der Waals surface area contributed by atoms with Gasteiger partial charge < -0.3 is 10.5 Å². The van der Waals surface area contributed by atoms with Gasteiger partial charge in [-0.3, -0.25) is 0 Å². The Bertz CT molecular complexity index is 356. The zero-order chi connectivity index (χ0) is 10.9. The van der Waals surface area contributed by atoms with Crippen LogP contribution in [0.1, 0.15) is 29.5 Å². The summed E-state index contributed by atoms with van der Waals surface area (Å²) in [6, 6.07) is 6.61. The van der Waals surface area contributed by atoms with Gasteiger partial charge in [0, 0.05) is 13.7 Å². The molecule has 0 bridgehead atoms. The van der Waals surface area contributed by atoms with E-state index in [0.717, 1.165) is 12.8 Å². The van der Waals surface area contributed by atoms with Gasteiger partial charge in [0.25, 0.3) is 0 Å². The maximum absolute atomic E-state index is 5.89. The smallest absolute Gasteiger partial charge is 0.105 e. The predicted molar refractivity (Wildman–Crippen MR) is 61.9 cm³/mol. The number of aryl methyl sites for hydroxylation is 2. The van der Waals surface area contributed by atoms with E-state index >= 15 is 0 Å². The first-order chi connectivity index (χ1) is 7.22. The van der Waals surface area contributed by atoms with Crippen molar-refractivity contribution in [2.75, 3.05) is 13.7 Å². The summed E-state index contributed by atoms with van der Waals surface area (Å²) in [6.07, 6.45) is 3.36. The highest BCUT2D eigenvalue weighted by molar-refractivity contribution is 5.38. The molecule has 2 nitrogen and oxygen atoms in total. The first-order valence-corrected chi connectivity index (χ1v) is 5.57. The van der Waals surface area contributed by atoms with Crippen molar-refractivity contribution in [1.29, 1.82) is 0 Å². The number of nitrogens with two attached hydrogens (primary N) is 1. The fourth-order valence-electron chi connectivity index (χ4n) is 2.54. The van der Waals surface area contributed by atoms with Gasteiger partial charge >= 0.3 is 0 Å². The summed E-state index contributed by atoms with van der Waals surface area (Å²) in [4.78, 5) is 0. The zero-order valence-electron chi connectivity index (χ0n) is 9.55. The summed E-state index contributed by atoms with van der Waals surface area (Å²) < 4.78 is 5.68. The topological polar surface area (TPSA) is 35.2 Å². The second-order valence-corrected chi connectivity index (χ2v) is 4.42. The maximum atomic E-state index is 5.89. The van der Waals surface area contributed by atoms with Gasteiger partial charge in [-0.15, -0.1) is 0 Å². The monoisotopic (exact) mass is 205 g/mol. The Morgan fingerprint density at radius 2 is 2.27 bits per heavy atom. The molecular formula is C13H19NO. The lowest BCUT2D eigenvalue weighted by molar-refractivity contribution is -0.0212. The van der Waals surface area contributed by atoms with Crippen LogP contribution >= 0.6 is 0 Å². The molecule has 0 saturated carbocycles. The number of methoxy groups -OCH3 is 1. The van der Waals surface area contributed by atoms with Crippen molar-refractivity contribution in [2.45, 2.75) is 31.8 Å². The van der Waals surface area contributed by atoms with Crippen LogP contribution in [0.5, 0.6) is 0 Å². The molecule has 1 aliphatic carbocycles. The summed E-state index contributed by atoms with van der Waals surface area (Å²) in [5.74, 6) is 0. The van der Waals surface area contributed by atoms with Gasteiger partial charge in [0.2, 0.25) is 0 Å². The number of rotatable bonds is 2. The van der Waals surface area contributed by atoms with Gasteiger partial charge in [0.15, 0.2) is 0 Å². The number of ether oxygens (including phenoxy) is 1. The largest absolute Gasteiger partial charge is 0.372 e. The van der Waals surface area contributed by atoms with Crippen LogP contribution in [0.15, 0.2) is 18.2 Å². The number of hydrogen-bond acceptors (Lipinski definition) is 2. The second-order valence-electron chi connectivity index (χ2n) is 4.42. The van der Waals surface area contributed by atoms with E-state index in [0.29, 0.717) is 6.54 Å². The molecule has 1 atom stereocenters. The summed E-state index contributed by atoms with van der Waals surface area (Å²) in [5, 5.41) is 0. The summed E-state index contributed by atoms with van der Waals surface area (Å²) in [5.41, 5.74) is 9.64. The van der Waals surface area contributed by atoms with E-state index in [9.17, 15) is 0 Å². The molecule has 1 aromatic carbocycles. The minimum atomic E-state index is -0.237. The van der Waals surface area contributed by atoms with Crippen molar-refractivity contribution < 1.29 is 4.74 Å². The van der Waals surface area contributed by atoms with Crippen molar-refractivity contribution in [3.8, 4) is 0 Å². The predicted octanol–water partition coefficient (Wildman–Crippen LogP) is 2.13. The molecule has 0 radical (unpaired) electrons. The van der Waals surface area contributed by atoms with E-state index in [1.807, 2.05) is 0 Å². The normalized spacial score (nSPS) is 25.0. The Kier molecular flexibility index (Phi) is 2.81. The Labute approximate surface area is 91.4 Å². The molecule has 1 unspecified atom stereocenters. The molecule has 2 N–H and O–H groups in total. The maximum Gasteiger partial charge on any atom is 0.105 e. The fourth-order valence-corrected chi connectivity index (χ4v) is 2.54. The molecule has 0 aromatic heterocycles. The highest BCUT2D eigenvalue weighted by Crippen LogP contribution is 2.37. The van der Waals surface area contributed by atoms with Gasteiger partial charge in [0.1, 0.15) is 5.60 Å². The van der Waals surface area contributed by atoms with E-state index in [2.05, 4.69) is 25.1 Å². The van der Waals surface area contributed by atoms with Crippen molar-refractivity contribution in [2.24, 2.45) is 5.73 Å². The lowest BCUT2D eigenvalue weighted by Gasteiger charge is -2.37. The average molecular weight is 205 g/mol. The van der Waals surface area contributed by atoms with E-state index in [-0.39, 0.29) is 5.60 Å². The van der Waals surface area contributed by atoms with Gasteiger partial charge in [0.05, 0.1) is 0 Å². The van der Waals surface area contributed by atoms with Crippen LogP contribution in [0, 0.1) is 6.92 Å². The van der Waals surface area contributed by atoms with Crippen molar-refractivity contribution in [3.63, 3.8) is 0 Å². The molecule has 15 heavy (non-hydrogen) atoms. The van der Waals surface area contributed by atoms with Crippen LogP contribution in [0.2, 0.25) is 0 Å². The van der Waals surface area contributed by atoms with Crippen LogP contribution in [0.4, 0.5) is 0 Å². The molecule has 2 rings (SSSR count). The minimum absolute atomic E-state index is 0.237. The summed E-state index contributed by atoms with van der Waals surface area (Å²) in [6.45, 7) is 2.69. The molecule has 82 valence electrons. The van der Waals surface area contributed by atoms with Crippen molar-refractivity contribution in [1.82, 2.24) is 0 Å². The molecule has 0 spiro atoms. The van der Waals surface area contributed by atoms with Gasteiger partial charge in [-0.1, -0.05) is 23.8 Å². The summed E-state index contributed by atoms with van der Waals surface area (Å²) in [7, 11) is 1.77. The standard InChI is InChI=1S/C13H19NO/c1-10-5-6-11-4-3-7-13(9-14,15-2)12(11)8-10/h5-6,8H,3-4,7,9,14H2,1-2H3. The minimum Gasteiger partial charge on any atom is -0.372 e. The zero-order valence-corrected chi connectivity index (χ0v) is 9.55. The third-order valence-corrected chi connectivity index (χ3v) is 3.50. The van der Waals surface area contributed by atoms with Crippen LogP contribution in [0.3, 0.4) is 0 Å². The van der Waals surface area contributed by atoms with Gasteiger partial charge in [-0.2, -0.15) is 0 Å². The van der Waals surface area contributed by atoms with E-state index in [1.54, 1.807) is 7.11 Å². The van der Waals surface area contributed by atoms with Crippen molar-refractivity contribution >= 4 is 0 Å². The molecule has 1 aromatic rings. The molecule has 1 aliphatic rings. The number of fused-ring (bicyclic) bond motifs is 1. The Balaban J connectivity index is 2.53. The third-order valence-electron chi connectivity index (χ3n) is 3.50. The highest BCUT2D eigenvalue weighted by atomic mass is 16.5. The van der Waals surface area contributed by atoms with E-state index < -0.39 is 0 Å². The van der Waals surface area contributed by atoms with Crippen LogP contribution in [-0.2, 0) is 16.8 Å². The van der Waals surface area contributed by atoms with E-state index in [1.165, 1.54) is 23.1 Å². The molecular weight excluding hydrogens is 186 g/mol. The van der Waals surface area contributed by atoms with Crippen LogP contribution in [0.25, 0.3) is 0 Å². The van der Waals surface area contributed by atoms with E-state index in [4.69, 9.17) is 10.5 Å². The molecule has 2 heteroatoms. The number of benzene rings is 1. The Morgan fingerprint density at radius 1 is 1.47 bits per heavy atom. The lowest BCUT2D eigenvalue weighted by Crippen LogP contribution is -2.40. The first-order valence-electron chi connectivity index (χ1n) is 5.57. The first kappa shape index (κ1) is 10.7. The third kappa shape index (κ3) is 1.68. The second kappa shape index (κ2) is 3.95. The molecule has 0 aliphatic heterocycles. The number of hydrogen-bond donors (Lipinski definition) is 1. The molecule has 0 fully saturated rings. The molecule has 0 amide bonds.